The summed E-state index contributed by atoms with van der Waals surface area (Å²) in [6.45, 7) is 7.71. The maximum Gasteiger partial charge on any atom is 0.347 e. The summed E-state index contributed by atoms with van der Waals surface area (Å²) in [4.78, 5) is 30.3. The topological polar surface area (TPSA) is 101 Å². The van der Waals surface area contributed by atoms with Crippen LogP contribution in [-0.2, 0) is 9.53 Å². The van der Waals surface area contributed by atoms with Crippen LogP contribution in [-0.4, -0.2) is 39.1 Å². The van der Waals surface area contributed by atoms with E-state index in [4.69, 9.17) is 18.9 Å². The number of para-hydroxylation sites is 2. The SMILES string of the molecule is CCOC(=O)[C@@H](C)Oc1ccc(-n2c(C)cc(C=Nn3c(-c4cc5ccccc5o4)nc4ccccc4c3=O)c2C)cc1. The van der Waals surface area contributed by atoms with Gasteiger partial charge in [0.25, 0.3) is 5.56 Å². The van der Waals surface area contributed by atoms with Gasteiger partial charge in [-0.2, -0.15) is 9.78 Å². The Morgan fingerprint density at radius 3 is 2.53 bits per heavy atom. The van der Waals surface area contributed by atoms with Gasteiger partial charge in [0.2, 0.25) is 5.82 Å². The summed E-state index contributed by atoms with van der Waals surface area (Å²) in [6, 6.07) is 26.2. The third-order valence-corrected chi connectivity index (χ3v) is 7.21. The van der Waals surface area contributed by atoms with E-state index >= 15 is 0 Å². The molecule has 6 rings (SSSR count). The standard InChI is InChI=1S/C34H30N4O5/c1-5-41-34(40)23(4)42-27-16-14-26(15-17-27)37-21(2)18-25(22(37)3)20-35-38-32(31-19-24-10-6-9-13-30(24)43-31)36-29-12-8-7-11-28(29)33(38)39/h6-20,23H,5H2,1-4H3/t23-/m1/s1. The molecule has 0 unspecified atom stereocenters. The van der Waals surface area contributed by atoms with Crippen LogP contribution in [0.15, 0.2) is 99.2 Å². The Balaban J connectivity index is 1.35. The number of carbonyl (C=O) groups excluding carboxylic acids is 1. The Morgan fingerprint density at radius 1 is 1.02 bits per heavy atom. The first-order valence-corrected chi connectivity index (χ1v) is 14.0. The van der Waals surface area contributed by atoms with E-state index in [1.54, 1.807) is 32.2 Å². The first-order valence-electron chi connectivity index (χ1n) is 14.0. The molecule has 0 aliphatic rings. The lowest BCUT2D eigenvalue weighted by molar-refractivity contribution is -0.150. The first kappa shape index (κ1) is 27.7. The summed E-state index contributed by atoms with van der Waals surface area (Å²) in [7, 11) is 0. The highest BCUT2D eigenvalue weighted by molar-refractivity contribution is 5.85. The summed E-state index contributed by atoms with van der Waals surface area (Å²) >= 11 is 0. The van der Waals surface area contributed by atoms with Gasteiger partial charge >= 0.3 is 5.97 Å². The van der Waals surface area contributed by atoms with Crippen molar-refractivity contribution >= 4 is 34.1 Å². The van der Waals surface area contributed by atoms with Crippen molar-refractivity contribution in [1.82, 2.24) is 14.2 Å². The van der Waals surface area contributed by atoms with Crippen molar-refractivity contribution in [3.05, 3.63) is 112 Å². The normalized spacial score (nSPS) is 12.3. The lowest BCUT2D eigenvalue weighted by Gasteiger charge is -2.14. The number of nitrogens with zero attached hydrogens (tertiary/aromatic N) is 4. The molecule has 43 heavy (non-hydrogen) atoms. The van der Waals surface area contributed by atoms with E-state index in [1.807, 2.05) is 86.6 Å². The van der Waals surface area contributed by atoms with Gasteiger partial charge in [-0.05, 0) is 82.3 Å². The second-order valence-corrected chi connectivity index (χ2v) is 10.1. The molecule has 0 bridgehead atoms. The Hall–Kier alpha value is -5.44. The molecule has 3 aromatic carbocycles. The predicted octanol–water partition coefficient (Wildman–Crippen LogP) is 6.43. The molecule has 0 N–H and O–H groups in total. The zero-order valence-electron chi connectivity index (χ0n) is 24.3. The van der Waals surface area contributed by atoms with E-state index in [0.29, 0.717) is 40.4 Å². The molecule has 0 aliphatic heterocycles. The molecule has 1 atom stereocenters. The highest BCUT2D eigenvalue weighted by Crippen LogP contribution is 2.27. The lowest BCUT2D eigenvalue weighted by Crippen LogP contribution is -2.26. The molecule has 9 heteroatoms. The quantitative estimate of drug-likeness (QED) is 0.153. The van der Waals surface area contributed by atoms with Crippen molar-refractivity contribution < 1.29 is 18.7 Å². The van der Waals surface area contributed by atoms with E-state index in [-0.39, 0.29) is 5.56 Å². The molecular formula is C34H30N4O5. The molecule has 0 saturated carbocycles. The summed E-state index contributed by atoms with van der Waals surface area (Å²) in [5, 5.41) is 6.01. The summed E-state index contributed by atoms with van der Waals surface area (Å²) < 4.78 is 20.2. The zero-order chi connectivity index (χ0) is 30.1. The Morgan fingerprint density at radius 2 is 1.77 bits per heavy atom. The number of aryl methyl sites for hydroxylation is 1. The average Bonchev–Trinajstić information content (AvgIpc) is 3.57. The average molecular weight is 575 g/mol. The fourth-order valence-electron chi connectivity index (χ4n) is 5.10. The number of furan rings is 1. The van der Waals surface area contributed by atoms with Crippen LogP contribution in [0.5, 0.6) is 5.75 Å². The second kappa shape index (κ2) is 11.4. The molecular weight excluding hydrogens is 544 g/mol. The molecule has 0 fully saturated rings. The molecule has 9 nitrogen and oxygen atoms in total. The highest BCUT2D eigenvalue weighted by Gasteiger charge is 2.18. The largest absolute Gasteiger partial charge is 0.479 e. The minimum atomic E-state index is -0.707. The zero-order valence-corrected chi connectivity index (χ0v) is 24.3. The number of aromatic nitrogens is 3. The van der Waals surface area contributed by atoms with Gasteiger partial charge in [-0.1, -0.05) is 30.3 Å². The van der Waals surface area contributed by atoms with Crippen molar-refractivity contribution in [3.63, 3.8) is 0 Å². The maximum absolute atomic E-state index is 13.6. The molecule has 3 aromatic heterocycles. The Kier molecular flexibility index (Phi) is 7.38. The molecule has 0 aliphatic carbocycles. The number of fused-ring (bicyclic) bond motifs is 2. The number of carbonyl (C=O) groups is 1. The predicted molar refractivity (Wildman–Crippen MR) is 166 cm³/mol. The molecule has 0 radical (unpaired) electrons. The van der Waals surface area contributed by atoms with Crippen molar-refractivity contribution in [3.8, 4) is 23.0 Å². The van der Waals surface area contributed by atoms with Gasteiger partial charge in [0, 0.05) is 28.0 Å². The summed E-state index contributed by atoms with van der Waals surface area (Å²) in [5.74, 6) is 0.926. The van der Waals surface area contributed by atoms with Gasteiger partial charge in [0.05, 0.1) is 23.7 Å². The van der Waals surface area contributed by atoms with Crippen molar-refractivity contribution in [2.24, 2.45) is 5.10 Å². The van der Waals surface area contributed by atoms with Gasteiger partial charge in [0.15, 0.2) is 11.9 Å². The van der Waals surface area contributed by atoms with E-state index < -0.39 is 12.1 Å². The van der Waals surface area contributed by atoms with Crippen LogP contribution in [0, 0.1) is 13.8 Å². The monoisotopic (exact) mass is 574 g/mol. The van der Waals surface area contributed by atoms with Gasteiger partial charge < -0.3 is 18.5 Å². The molecule has 6 aromatic rings. The number of rotatable bonds is 8. The number of ether oxygens (including phenoxy) is 2. The van der Waals surface area contributed by atoms with E-state index in [2.05, 4.69) is 9.67 Å². The van der Waals surface area contributed by atoms with Gasteiger partial charge in [0.1, 0.15) is 11.3 Å². The fourth-order valence-corrected chi connectivity index (χ4v) is 5.10. The second-order valence-electron chi connectivity index (χ2n) is 10.1. The minimum Gasteiger partial charge on any atom is -0.479 e. The van der Waals surface area contributed by atoms with Gasteiger partial charge in [-0.25, -0.2) is 9.78 Å². The number of hydrogen-bond donors (Lipinski definition) is 0. The minimum absolute atomic E-state index is 0.293. The van der Waals surface area contributed by atoms with Crippen LogP contribution >= 0.6 is 0 Å². The van der Waals surface area contributed by atoms with Gasteiger partial charge in [-0.3, -0.25) is 4.79 Å². The first-order chi connectivity index (χ1) is 20.8. The van der Waals surface area contributed by atoms with Crippen LogP contribution in [0.2, 0.25) is 0 Å². The Bertz CT molecular complexity index is 2020. The van der Waals surface area contributed by atoms with Crippen molar-refractivity contribution in [2.45, 2.75) is 33.8 Å². The third-order valence-electron chi connectivity index (χ3n) is 7.21. The molecule has 216 valence electrons. The van der Waals surface area contributed by atoms with Crippen LogP contribution in [0.4, 0.5) is 0 Å². The van der Waals surface area contributed by atoms with Crippen LogP contribution in [0.3, 0.4) is 0 Å². The molecule has 0 spiro atoms. The van der Waals surface area contributed by atoms with Gasteiger partial charge in [-0.15, -0.1) is 0 Å². The van der Waals surface area contributed by atoms with Crippen molar-refractivity contribution in [1.29, 1.82) is 0 Å². The number of esters is 1. The van der Waals surface area contributed by atoms with Crippen LogP contribution in [0.25, 0.3) is 39.1 Å². The van der Waals surface area contributed by atoms with E-state index in [0.717, 1.165) is 28.0 Å². The molecule has 3 heterocycles. The van der Waals surface area contributed by atoms with Crippen LogP contribution < -0.4 is 10.3 Å². The van der Waals surface area contributed by atoms with E-state index in [9.17, 15) is 9.59 Å². The maximum atomic E-state index is 13.6. The smallest absolute Gasteiger partial charge is 0.347 e. The van der Waals surface area contributed by atoms with Crippen molar-refractivity contribution in [2.75, 3.05) is 6.61 Å². The fraction of sp³-hybridized carbons (Fsp3) is 0.176. The van der Waals surface area contributed by atoms with E-state index in [1.165, 1.54) is 4.68 Å². The molecule has 0 amide bonds. The van der Waals surface area contributed by atoms with Crippen LogP contribution in [0.1, 0.15) is 30.8 Å². The highest BCUT2D eigenvalue weighted by atomic mass is 16.6. The summed E-state index contributed by atoms with van der Waals surface area (Å²) in [6.07, 6.45) is 0.961. The number of benzene rings is 3. The third kappa shape index (κ3) is 5.32. The summed E-state index contributed by atoms with van der Waals surface area (Å²) in [5.41, 5.74) is 4.64. The lowest BCUT2D eigenvalue weighted by atomic mass is 10.2. The number of hydrogen-bond acceptors (Lipinski definition) is 7. The Labute approximate surface area is 247 Å². The molecule has 0 saturated heterocycles.